The second-order valence-electron chi connectivity index (χ2n) is 3.44. The van der Waals surface area contributed by atoms with Crippen molar-refractivity contribution < 1.29 is 13.9 Å². The van der Waals surface area contributed by atoms with Crippen LogP contribution in [-0.2, 0) is 0 Å². The van der Waals surface area contributed by atoms with Gasteiger partial charge in [0.25, 0.3) is 0 Å². The van der Waals surface area contributed by atoms with Crippen LogP contribution in [0.1, 0.15) is 10.4 Å². The summed E-state index contributed by atoms with van der Waals surface area (Å²) in [5.41, 5.74) is 1.38. The molecule has 0 bridgehead atoms. The molecule has 0 unspecified atom stereocenters. The van der Waals surface area contributed by atoms with Crippen LogP contribution in [0.5, 0.6) is 5.88 Å². The normalized spacial score (nSPS) is 10.0. The number of ether oxygens (including phenoxy) is 1. The summed E-state index contributed by atoms with van der Waals surface area (Å²) in [6.45, 7) is 0. The van der Waals surface area contributed by atoms with Gasteiger partial charge in [-0.15, -0.1) is 0 Å². The Labute approximate surface area is 97.9 Å². The number of carbonyl (C=O) groups is 1. The summed E-state index contributed by atoms with van der Waals surface area (Å²) in [6, 6.07) is 7.65. The molecular formula is C13H10FNO2. The van der Waals surface area contributed by atoms with E-state index in [4.69, 9.17) is 4.74 Å². The monoisotopic (exact) mass is 231 g/mol. The van der Waals surface area contributed by atoms with Crippen LogP contribution in [-0.4, -0.2) is 18.4 Å². The SMILES string of the molecule is COc1cc(-c2ccc(C=O)cc2F)ccn1. The van der Waals surface area contributed by atoms with Crippen LogP contribution in [0.4, 0.5) is 4.39 Å². The van der Waals surface area contributed by atoms with E-state index >= 15 is 0 Å². The van der Waals surface area contributed by atoms with Crippen molar-refractivity contribution in [2.75, 3.05) is 7.11 Å². The van der Waals surface area contributed by atoms with Crippen LogP contribution in [0, 0.1) is 5.82 Å². The number of nitrogens with zero attached hydrogens (tertiary/aromatic N) is 1. The molecule has 4 heteroatoms. The van der Waals surface area contributed by atoms with Gasteiger partial charge in [-0.2, -0.15) is 0 Å². The van der Waals surface area contributed by atoms with Crippen molar-refractivity contribution in [1.29, 1.82) is 0 Å². The number of methoxy groups -OCH3 is 1. The zero-order chi connectivity index (χ0) is 12.3. The number of aromatic nitrogens is 1. The summed E-state index contributed by atoms with van der Waals surface area (Å²) in [5.74, 6) is -0.0239. The van der Waals surface area contributed by atoms with Crippen molar-refractivity contribution >= 4 is 6.29 Å². The van der Waals surface area contributed by atoms with E-state index < -0.39 is 5.82 Å². The minimum Gasteiger partial charge on any atom is -0.481 e. The van der Waals surface area contributed by atoms with Gasteiger partial charge in [-0.1, -0.05) is 12.1 Å². The molecular weight excluding hydrogens is 221 g/mol. The first kappa shape index (κ1) is 11.3. The van der Waals surface area contributed by atoms with Crippen molar-refractivity contribution in [1.82, 2.24) is 4.98 Å². The first-order chi connectivity index (χ1) is 8.24. The third-order valence-electron chi connectivity index (χ3n) is 2.38. The number of rotatable bonds is 3. The Kier molecular flexibility index (Phi) is 3.14. The van der Waals surface area contributed by atoms with Gasteiger partial charge in [0.15, 0.2) is 0 Å². The lowest BCUT2D eigenvalue weighted by Gasteiger charge is -2.05. The molecule has 0 saturated heterocycles. The van der Waals surface area contributed by atoms with Gasteiger partial charge in [-0.25, -0.2) is 9.37 Å². The van der Waals surface area contributed by atoms with E-state index in [0.717, 1.165) is 0 Å². The Hall–Kier alpha value is -2.23. The van der Waals surface area contributed by atoms with E-state index in [1.165, 1.54) is 13.2 Å². The summed E-state index contributed by atoms with van der Waals surface area (Å²) < 4.78 is 18.7. The van der Waals surface area contributed by atoms with E-state index in [2.05, 4.69) is 4.98 Å². The zero-order valence-corrected chi connectivity index (χ0v) is 9.18. The minimum absolute atomic E-state index is 0.312. The van der Waals surface area contributed by atoms with E-state index in [-0.39, 0.29) is 0 Å². The van der Waals surface area contributed by atoms with Crippen molar-refractivity contribution in [2.45, 2.75) is 0 Å². The third kappa shape index (κ3) is 2.30. The Bertz CT molecular complexity index is 555. The van der Waals surface area contributed by atoms with Gasteiger partial charge < -0.3 is 4.74 Å². The number of benzene rings is 1. The largest absolute Gasteiger partial charge is 0.481 e. The molecule has 0 spiro atoms. The molecule has 1 heterocycles. The number of hydrogen-bond acceptors (Lipinski definition) is 3. The second kappa shape index (κ2) is 4.74. The zero-order valence-electron chi connectivity index (χ0n) is 9.18. The minimum atomic E-state index is -0.442. The molecule has 0 aliphatic carbocycles. The molecule has 0 amide bonds. The number of pyridine rings is 1. The fourth-order valence-corrected chi connectivity index (χ4v) is 1.53. The third-order valence-corrected chi connectivity index (χ3v) is 2.38. The maximum atomic E-state index is 13.7. The predicted molar refractivity (Wildman–Crippen MR) is 61.6 cm³/mol. The standard InChI is InChI=1S/C13H10FNO2/c1-17-13-7-10(4-5-15-13)11-3-2-9(8-16)6-12(11)14/h2-8H,1H3. The Morgan fingerprint density at radius 2 is 2.12 bits per heavy atom. The number of aldehydes is 1. The molecule has 2 rings (SSSR count). The van der Waals surface area contributed by atoms with Gasteiger partial charge in [0, 0.05) is 23.4 Å². The summed E-state index contributed by atoms with van der Waals surface area (Å²) in [7, 11) is 1.50. The fraction of sp³-hybridized carbons (Fsp3) is 0.0769. The van der Waals surface area contributed by atoms with Gasteiger partial charge in [0.05, 0.1) is 7.11 Å². The highest BCUT2D eigenvalue weighted by Gasteiger charge is 2.07. The molecule has 17 heavy (non-hydrogen) atoms. The van der Waals surface area contributed by atoms with E-state index in [1.807, 2.05) is 0 Å². The molecule has 0 aliphatic heterocycles. The molecule has 1 aromatic heterocycles. The van der Waals surface area contributed by atoms with Crippen LogP contribution < -0.4 is 4.74 Å². The molecule has 3 nitrogen and oxygen atoms in total. The van der Waals surface area contributed by atoms with Crippen LogP contribution in [0.25, 0.3) is 11.1 Å². The van der Waals surface area contributed by atoms with Crippen molar-refractivity contribution in [2.24, 2.45) is 0 Å². The Morgan fingerprint density at radius 1 is 1.29 bits per heavy atom. The second-order valence-corrected chi connectivity index (χ2v) is 3.44. The summed E-state index contributed by atoms with van der Waals surface area (Å²) in [5, 5.41) is 0. The molecule has 0 N–H and O–H groups in total. The average Bonchev–Trinajstić information content (AvgIpc) is 2.38. The highest BCUT2D eigenvalue weighted by atomic mass is 19.1. The van der Waals surface area contributed by atoms with Crippen molar-refractivity contribution in [3.63, 3.8) is 0 Å². The molecule has 2 aromatic rings. The summed E-state index contributed by atoms with van der Waals surface area (Å²) >= 11 is 0. The number of hydrogen-bond donors (Lipinski definition) is 0. The van der Waals surface area contributed by atoms with Crippen LogP contribution in [0.15, 0.2) is 36.5 Å². The maximum absolute atomic E-state index is 13.7. The Balaban J connectivity index is 2.48. The first-order valence-electron chi connectivity index (χ1n) is 4.99. The van der Waals surface area contributed by atoms with Crippen molar-refractivity contribution in [3.05, 3.63) is 47.9 Å². The molecule has 0 fully saturated rings. The van der Waals surface area contributed by atoms with E-state index in [9.17, 15) is 9.18 Å². The molecule has 0 radical (unpaired) electrons. The van der Waals surface area contributed by atoms with Crippen LogP contribution in [0.2, 0.25) is 0 Å². The summed E-state index contributed by atoms with van der Waals surface area (Å²) in [4.78, 5) is 14.5. The lowest BCUT2D eigenvalue weighted by molar-refractivity contribution is 0.112. The smallest absolute Gasteiger partial charge is 0.213 e. The molecule has 0 atom stereocenters. The number of carbonyl (C=O) groups excluding carboxylic acids is 1. The quantitative estimate of drug-likeness (QED) is 0.762. The summed E-state index contributed by atoms with van der Waals surface area (Å²) in [6.07, 6.45) is 2.15. The van der Waals surface area contributed by atoms with Gasteiger partial charge in [-0.05, 0) is 17.7 Å². The van der Waals surface area contributed by atoms with E-state index in [1.54, 1.807) is 30.5 Å². The topological polar surface area (TPSA) is 39.2 Å². The predicted octanol–water partition coefficient (Wildman–Crippen LogP) is 2.71. The maximum Gasteiger partial charge on any atom is 0.213 e. The highest BCUT2D eigenvalue weighted by molar-refractivity contribution is 5.77. The van der Waals surface area contributed by atoms with Crippen LogP contribution >= 0.6 is 0 Å². The fourth-order valence-electron chi connectivity index (χ4n) is 1.53. The lowest BCUT2D eigenvalue weighted by Crippen LogP contribution is -1.91. The highest BCUT2D eigenvalue weighted by Crippen LogP contribution is 2.25. The van der Waals surface area contributed by atoms with Gasteiger partial charge in [0.1, 0.15) is 12.1 Å². The van der Waals surface area contributed by atoms with Gasteiger partial charge in [0.2, 0.25) is 5.88 Å². The van der Waals surface area contributed by atoms with Gasteiger partial charge in [-0.3, -0.25) is 4.79 Å². The van der Waals surface area contributed by atoms with E-state index in [0.29, 0.717) is 28.9 Å². The molecule has 1 aromatic carbocycles. The lowest BCUT2D eigenvalue weighted by atomic mass is 10.0. The van der Waals surface area contributed by atoms with Crippen LogP contribution in [0.3, 0.4) is 0 Å². The average molecular weight is 231 g/mol. The van der Waals surface area contributed by atoms with Crippen molar-refractivity contribution in [3.8, 4) is 17.0 Å². The molecule has 0 aliphatic rings. The number of halogens is 1. The molecule has 86 valence electrons. The Morgan fingerprint density at radius 3 is 2.76 bits per heavy atom. The first-order valence-corrected chi connectivity index (χ1v) is 4.99. The van der Waals surface area contributed by atoms with Gasteiger partial charge >= 0.3 is 0 Å². The molecule has 0 saturated carbocycles.